The summed E-state index contributed by atoms with van der Waals surface area (Å²) in [6, 6.07) is 13.2. The van der Waals surface area contributed by atoms with Crippen LogP contribution in [0.4, 0.5) is 0 Å². The quantitative estimate of drug-likeness (QED) is 0.876. The molecule has 1 atom stereocenters. The minimum Gasteiger partial charge on any atom is -0.497 e. The first-order valence-corrected chi connectivity index (χ1v) is 7.17. The molecule has 0 radical (unpaired) electrons. The van der Waals surface area contributed by atoms with Gasteiger partial charge in [-0.1, -0.05) is 29.8 Å². The summed E-state index contributed by atoms with van der Waals surface area (Å²) >= 11 is 6.17. The highest BCUT2D eigenvalue weighted by Crippen LogP contribution is 2.34. The van der Waals surface area contributed by atoms with Gasteiger partial charge in [-0.3, -0.25) is 0 Å². The summed E-state index contributed by atoms with van der Waals surface area (Å²) in [5.74, 6) is 1.44. The van der Waals surface area contributed by atoms with Crippen molar-refractivity contribution in [3.05, 3.63) is 58.6 Å². The second kappa shape index (κ2) is 7.34. The molecule has 0 fully saturated rings. The fourth-order valence-corrected chi connectivity index (χ4v) is 2.55. The monoisotopic (exact) mass is 306 g/mol. The molecule has 2 aromatic carbocycles. The third-order valence-electron chi connectivity index (χ3n) is 3.43. The molecule has 0 spiro atoms. The first-order valence-electron chi connectivity index (χ1n) is 6.79. The van der Waals surface area contributed by atoms with Crippen LogP contribution in [0.15, 0.2) is 42.5 Å². The molecule has 0 aliphatic rings. The van der Waals surface area contributed by atoms with E-state index in [0.29, 0.717) is 22.8 Å². The van der Waals surface area contributed by atoms with Gasteiger partial charge in [-0.05, 0) is 42.7 Å². The summed E-state index contributed by atoms with van der Waals surface area (Å²) in [5, 5.41) is 10.9. The Hall–Kier alpha value is -1.71. The van der Waals surface area contributed by atoms with Gasteiger partial charge in [-0.2, -0.15) is 0 Å². The Morgan fingerprint density at radius 1 is 1.05 bits per heavy atom. The Balaban J connectivity index is 2.06. The average molecular weight is 307 g/mol. The van der Waals surface area contributed by atoms with Crippen LogP contribution in [-0.2, 0) is 6.42 Å². The highest BCUT2D eigenvalue weighted by Gasteiger charge is 2.16. The Kier molecular flexibility index (Phi) is 5.48. The third kappa shape index (κ3) is 3.90. The molecule has 0 aromatic heterocycles. The van der Waals surface area contributed by atoms with Crippen LogP contribution >= 0.6 is 11.6 Å². The van der Waals surface area contributed by atoms with Crippen molar-refractivity contribution in [2.75, 3.05) is 14.2 Å². The number of hydrogen-bond acceptors (Lipinski definition) is 3. The van der Waals surface area contributed by atoms with Crippen molar-refractivity contribution in [1.82, 2.24) is 0 Å². The van der Waals surface area contributed by atoms with E-state index in [1.807, 2.05) is 24.3 Å². The van der Waals surface area contributed by atoms with Crippen molar-refractivity contribution in [3.63, 3.8) is 0 Å². The standard InChI is InChI=1S/C17H19ClO3/c1-20-13-9-6-12(7-10-13)8-11-15(19)17-14(18)4-3-5-16(17)21-2/h3-7,9-10,15,19H,8,11H2,1-2H3. The Morgan fingerprint density at radius 3 is 2.38 bits per heavy atom. The van der Waals surface area contributed by atoms with E-state index in [9.17, 15) is 5.11 Å². The molecule has 4 heteroatoms. The Bertz CT molecular complexity index is 581. The lowest BCUT2D eigenvalue weighted by atomic mass is 10.0. The van der Waals surface area contributed by atoms with Crippen molar-refractivity contribution in [3.8, 4) is 11.5 Å². The van der Waals surface area contributed by atoms with Gasteiger partial charge in [0.05, 0.1) is 25.3 Å². The predicted molar refractivity (Wildman–Crippen MR) is 84.3 cm³/mol. The first kappa shape index (κ1) is 15.7. The number of aryl methyl sites for hydroxylation is 1. The van der Waals surface area contributed by atoms with Crippen LogP contribution in [0.5, 0.6) is 11.5 Å². The average Bonchev–Trinajstić information content (AvgIpc) is 2.52. The molecule has 0 amide bonds. The zero-order valence-electron chi connectivity index (χ0n) is 12.2. The van der Waals surface area contributed by atoms with Crippen molar-refractivity contribution < 1.29 is 14.6 Å². The molecule has 0 aliphatic heterocycles. The van der Waals surface area contributed by atoms with Crippen LogP contribution in [0.1, 0.15) is 23.7 Å². The fourth-order valence-electron chi connectivity index (χ4n) is 2.26. The minimum absolute atomic E-state index is 0.525. The summed E-state index contributed by atoms with van der Waals surface area (Å²) < 4.78 is 10.4. The predicted octanol–water partition coefficient (Wildman–Crippen LogP) is 4.02. The van der Waals surface area contributed by atoms with Crippen LogP contribution in [0.2, 0.25) is 5.02 Å². The van der Waals surface area contributed by atoms with Gasteiger partial charge < -0.3 is 14.6 Å². The van der Waals surface area contributed by atoms with Crippen LogP contribution in [0, 0.1) is 0 Å². The van der Waals surface area contributed by atoms with Crippen molar-refractivity contribution >= 4 is 11.6 Å². The molecular weight excluding hydrogens is 288 g/mol. The lowest BCUT2D eigenvalue weighted by Gasteiger charge is -2.16. The molecule has 2 rings (SSSR count). The second-order valence-corrected chi connectivity index (χ2v) is 5.17. The number of aliphatic hydroxyl groups is 1. The third-order valence-corrected chi connectivity index (χ3v) is 3.76. The van der Waals surface area contributed by atoms with Gasteiger partial charge in [-0.15, -0.1) is 0 Å². The molecule has 1 N–H and O–H groups in total. The molecule has 0 heterocycles. The largest absolute Gasteiger partial charge is 0.497 e. The lowest BCUT2D eigenvalue weighted by molar-refractivity contribution is 0.164. The van der Waals surface area contributed by atoms with E-state index in [-0.39, 0.29) is 0 Å². The summed E-state index contributed by atoms with van der Waals surface area (Å²) in [6.45, 7) is 0. The highest BCUT2D eigenvalue weighted by molar-refractivity contribution is 6.31. The minimum atomic E-state index is -0.657. The number of halogens is 1. The van der Waals surface area contributed by atoms with E-state index in [2.05, 4.69) is 0 Å². The van der Waals surface area contributed by atoms with E-state index in [1.165, 1.54) is 0 Å². The first-order chi connectivity index (χ1) is 10.2. The van der Waals surface area contributed by atoms with Gasteiger partial charge in [0.1, 0.15) is 11.5 Å². The van der Waals surface area contributed by atoms with Crippen LogP contribution < -0.4 is 9.47 Å². The molecule has 0 saturated carbocycles. The fraction of sp³-hybridized carbons (Fsp3) is 0.294. The molecule has 0 saturated heterocycles. The van der Waals surface area contributed by atoms with Crippen molar-refractivity contribution in [1.29, 1.82) is 0 Å². The van der Waals surface area contributed by atoms with E-state index < -0.39 is 6.10 Å². The smallest absolute Gasteiger partial charge is 0.126 e. The van der Waals surface area contributed by atoms with Gasteiger partial charge in [0, 0.05) is 5.56 Å². The van der Waals surface area contributed by atoms with Gasteiger partial charge >= 0.3 is 0 Å². The van der Waals surface area contributed by atoms with Gasteiger partial charge in [0.2, 0.25) is 0 Å². The maximum atomic E-state index is 10.4. The molecule has 1 unspecified atom stereocenters. The van der Waals surface area contributed by atoms with E-state index in [1.54, 1.807) is 32.4 Å². The SMILES string of the molecule is COc1ccc(CCC(O)c2c(Cl)cccc2OC)cc1. The Labute approximate surface area is 130 Å². The van der Waals surface area contributed by atoms with Crippen LogP contribution in [-0.4, -0.2) is 19.3 Å². The number of methoxy groups -OCH3 is 2. The normalized spacial score (nSPS) is 12.0. The van der Waals surface area contributed by atoms with E-state index in [0.717, 1.165) is 17.7 Å². The Morgan fingerprint density at radius 2 is 1.76 bits per heavy atom. The van der Waals surface area contributed by atoms with Crippen molar-refractivity contribution in [2.45, 2.75) is 18.9 Å². The van der Waals surface area contributed by atoms with Crippen molar-refractivity contribution in [2.24, 2.45) is 0 Å². The van der Waals surface area contributed by atoms with Crippen LogP contribution in [0.25, 0.3) is 0 Å². The maximum absolute atomic E-state index is 10.4. The number of aliphatic hydroxyl groups excluding tert-OH is 1. The summed E-state index contributed by atoms with van der Waals surface area (Å²) in [5.41, 5.74) is 1.79. The molecule has 21 heavy (non-hydrogen) atoms. The topological polar surface area (TPSA) is 38.7 Å². The summed E-state index contributed by atoms with van der Waals surface area (Å²) in [6.07, 6.45) is 0.669. The maximum Gasteiger partial charge on any atom is 0.126 e. The molecule has 2 aromatic rings. The number of ether oxygens (including phenoxy) is 2. The highest BCUT2D eigenvalue weighted by atomic mass is 35.5. The van der Waals surface area contributed by atoms with E-state index >= 15 is 0 Å². The summed E-state index contributed by atoms with van der Waals surface area (Å²) in [4.78, 5) is 0. The molecular formula is C17H19ClO3. The second-order valence-electron chi connectivity index (χ2n) is 4.76. The van der Waals surface area contributed by atoms with Gasteiger partial charge in [-0.25, -0.2) is 0 Å². The van der Waals surface area contributed by atoms with Gasteiger partial charge in [0.25, 0.3) is 0 Å². The van der Waals surface area contributed by atoms with E-state index in [4.69, 9.17) is 21.1 Å². The number of hydrogen-bond donors (Lipinski definition) is 1. The molecule has 0 bridgehead atoms. The van der Waals surface area contributed by atoms with Crippen LogP contribution in [0.3, 0.4) is 0 Å². The summed E-state index contributed by atoms with van der Waals surface area (Å²) in [7, 11) is 3.22. The number of rotatable bonds is 6. The molecule has 0 aliphatic carbocycles. The zero-order chi connectivity index (χ0) is 15.2. The molecule has 112 valence electrons. The number of benzene rings is 2. The molecule has 3 nitrogen and oxygen atoms in total. The van der Waals surface area contributed by atoms with Gasteiger partial charge in [0.15, 0.2) is 0 Å². The lowest BCUT2D eigenvalue weighted by Crippen LogP contribution is -2.03. The zero-order valence-corrected chi connectivity index (χ0v) is 12.9.